The Bertz CT molecular complexity index is 754. The maximum absolute atomic E-state index is 12.3. The van der Waals surface area contributed by atoms with Gasteiger partial charge in [0.25, 0.3) is 5.91 Å². The number of carbonyl (C=O) groups is 1. The molecule has 126 valence electrons. The van der Waals surface area contributed by atoms with Gasteiger partial charge in [0.15, 0.2) is 0 Å². The molecule has 1 aromatic heterocycles. The summed E-state index contributed by atoms with van der Waals surface area (Å²) in [4.78, 5) is 17.5. The maximum atomic E-state index is 12.3. The van der Waals surface area contributed by atoms with Gasteiger partial charge in [-0.3, -0.25) is 9.48 Å². The van der Waals surface area contributed by atoms with E-state index in [1.165, 1.54) is 0 Å². The minimum absolute atomic E-state index is 0.199. The Labute approximate surface area is 140 Å². The van der Waals surface area contributed by atoms with Gasteiger partial charge in [0.05, 0.1) is 25.1 Å². The molecule has 3 rings (SSSR count). The maximum Gasteiger partial charge on any atom is 0.264 e. The smallest absolute Gasteiger partial charge is 0.264 e. The summed E-state index contributed by atoms with van der Waals surface area (Å²) >= 11 is 0. The van der Waals surface area contributed by atoms with Gasteiger partial charge in [0.2, 0.25) is 6.10 Å². The molecule has 7 nitrogen and oxygen atoms in total. The second-order valence-corrected chi connectivity index (χ2v) is 5.42. The van der Waals surface area contributed by atoms with Crippen LogP contribution in [0.15, 0.2) is 41.7 Å². The fraction of sp³-hybridized carbons (Fsp3) is 0.353. The van der Waals surface area contributed by atoms with Gasteiger partial charge in [-0.05, 0) is 25.1 Å². The van der Waals surface area contributed by atoms with Gasteiger partial charge in [-0.15, -0.1) is 0 Å². The lowest BCUT2D eigenvalue weighted by Gasteiger charge is -2.09. The van der Waals surface area contributed by atoms with Crippen LogP contribution in [0.1, 0.15) is 24.6 Å². The van der Waals surface area contributed by atoms with Crippen molar-refractivity contribution in [1.82, 2.24) is 15.1 Å². The van der Waals surface area contributed by atoms with Crippen molar-refractivity contribution >= 4 is 11.6 Å². The van der Waals surface area contributed by atoms with Crippen LogP contribution in [0.4, 0.5) is 0 Å². The van der Waals surface area contributed by atoms with Crippen LogP contribution in [0, 0.1) is 0 Å². The Morgan fingerprint density at radius 1 is 1.42 bits per heavy atom. The second kappa shape index (κ2) is 7.16. The summed E-state index contributed by atoms with van der Waals surface area (Å²) in [6.07, 6.45) is 1.67. The molecule has 0 bridgehead atoms. The first kappa shape index (κ1) is 16.0. The summed E-state index contributed by atoms with van der Waals surface area (Å²) in [6, 6.07) is 9.43. The molecule has 0 saturated heterocycles. The van der Waals surface area contributed by atoms with E-state index in [1.807, 2.05) is 48.1 Å². The minimum atomic E-state index is -0.627. The molecule has 0 saturated carbocycles. The van der Waals surface area contributed by atoms with Crippen molar-refractivity contribution in [2.75, 3.05) is 7.11 Å². The number of rotatable bonds is 6. The zero-order valence-electron chi connectivity index (χ0n) is 13.7. The predicted octanol–water partition coefficient (Wildman–Crippen LogP) is 1.72. The number of amides is 1. The number of methoxy groups -OCH3 is 1. The highest BCUT2D eigenvalue weighted by Crippen LogP contribution is 2.24. The van der Waals surface area contributed by atoms with Crippen molar-refractivity contribution < 1.29 is 14.4 Å². The first-order chi connectivity index (χ1) is 11.7. The van der Waals surface area contributed by atoms with Crippen LogP contribution < -0.4 is 10.1 Å². The fourth-order valence-electron chi connectivity index (χ4n) is 2.53. The summed E-state index contributed by atoms with van der Waals surface area (Å²) in [5.74, 6) is 0.515. The van der Waals surface area contributed by atoms with E-state index in [0.717, 1.165) is 17.8 Å². The molecule has 0 spiro atoms. The largest absolute Gasteiger partial charge is 0.496 e. The summed E-state index contributed by atoms with van der Waals surface area (Å²) in [7, 11) is 1.61. The Morgan fingerprint density at radius 2 is 2.25 bits per heavy atom. The predicted molar refractivity (Wildman–Crippen MR) is 88.8 cm³/mol. The van der Waals surface area contributed by atoms with Crippen molar-refractivity contribution in [2.24, 2.45) is 5.16 Å². The normalized spacial score (nSPS) is 16.4. The Kier molecular flexibility index (Phi) is 4.79. The van der Waals surface area contributed by atoms with Gasteiger partial charge in [-0.25, -0.2) is 0 Å². The zero-order chi connectivity index (χ0) is 16.9. The molecule has 1 N–H and O–H groups in total. The summed E-state index contributed by atoms with van der Waals surface area (Å²) in [5.41, 5.74) is 2.37. The van der Waals surface area contributed by atoms with Crippen LogP contribution in [0.5, 0.6) is 5.75 Å². The van der Waals surface area contributed by atoms with Crippen LogP contribution in [0.25, 0.3) is 0 Å². The molecular formula is C17H20N4O3. The van der Waals surface area contributed by atoms with Gasteiger partial charge < -0.3 is 14.9 Å². The lowest BCUT2D eigenvalue weighted by atomic mass is 10.0. The highest BCUT2D eigenvalue weighted by molar-refractivity contribution is 6.05. The van der Waals surface area contributed by atoms with E-state index in [2.05, 4.69) is 15.6 Å². The average molecular weight is 328 g/mol. The number of ether oxygens (including phenoxy) is 1. The Hall–Kier alpha value is -2.83. The molecule has 1 unspecified atom stereocenters. The molecule has 1 amide bonds. The molecule has 1 aliphatic heterocycles. The SMILES string of the molecule is CCn1ccc(CNC(=O)C2CC(c3ccccc3OC)=NO2)n1. The van der Waals surface area contributed by atoms with E-state index in [0.29, 0.717) is 24.4 Å². The zero-order valence-corrected chi connectivity index (χ0v) is 13.7. The number of aromatic nitrogens is 2. The van der Waals surface area contributed by atoms with Crippen molar-refractivity contribution in [2.45, 2.75) is 32.5 Å². The number of oxime groups is 1. The number of hydrogen-bond acceptors (Lipinski definition) is 5. The molecule has 0 fully saturated rings. The van der Waals surface area contributed by atoms with Crippen LogP contribution in [-0.4, -0.2) is 34.6 Å². The summed E-state index contributed by atoms with van der Waals surface area (Å²) in [6.45, 7) is 3.18. The molecule has 1 atom stereocenters. The van der Waals surface area contributed by atoms with E-state index in [9.17, 15) is 4.79 Å². The number of nitrogens with one attached hydrogen (secondary N) is 1. The van der Waals surface area contributed by atoms with E-state index in [1.54, 1.807) is 7.11 Å². The molecule has 1 aromatic carbocycles. The molecular weight excluding hydrogens is 308 g/mol. The van der Waals surface area contributed by atoms with Gasteiger partial charge in [-0.1, -0.05) is 17.3 Å². The van der Waals surface area contributed by atoms with Gasteiger partial charge in [-0.2, -0.15) is 5.10 Å². The Balaban J connectivity index is 1.57. The number of carbonyl (C=O) groups excluding carboxylic acids is 1. The lowest BCUT2D eigenvalue weighted by Crippen LogP contribution is -2.34. The molecule has 0 aliphatic carbocycles. The molecule has 7 heteroatoms. The highest BCUT2D eigenvalue weighted by atomic mass is 16.6. The van der Waals surface area contributed by atoms with Gasteiger partial charge in [0.1, 0.15) is 5.75 Å². The number of para-hydroxylation sites is 1. The Morgan fingerprint density at radius 3 is 3.00 bits per heavy atom. The van der Waals surface area contributed by atoms with E-state index in [-0.39, 0.29) is 5.91 Å². The summed E-state index contributed by atoms with van der Waals surface area (Å²) in [5, 5.41) is 11.2. The molecule has 2 aromatic rings. The van der Waals surface area contributed by atoms with E-state index in [4.69, 9.17) is 9.57 Å². The highest BCUT2D eigenvalue weighted by Gasteiger charge is 2.29. The topological polar surface area (TPSA) is 77.7 Å². The van der Waals surface area contributed by atoms with Gasteiger partial charge >= 0.3 is 0 Å². The van der Waals surface area contributed by atoms with Crippen molar-refractivity contribution in [3.05, 3.63) is 47.8 Å². The van der Waals surface area contributed by atoms with Crippen LogP contribution in [0.3, 0.4) is 0 Å². The van der Waals surface area contributed by atoms with Crippen LogP contribution >= 0.6 is 0 Å². The first-order valence-electron chi connectivity index (χ1n) is 7.87. The van der Waals surface area contributed by atoms with Gasteiger partial charge in [0, 0.05) is 24.7 Å². The molecule has 0 radical (unpaired) electrons. The van der Waals surface area contributed by atoms with E-state index >= 15 is 0 Å². The quantitative estimate of drug-likeness (QED) is 0.876. The van der Waals surface area contributed by atoms with Crippen LogP contribution in [0.2, 0.25) is 0 Å². The number of aryl methyl sites for hydroxylation is 1. The first-order valence-corrected chi connectivity index (χ1v) is 7.87. The van der Waals surface area contributed by atoms with Crippen molar-refractivity contribution in [3.63, 3.8) is 0 Å². The van der Waals surface area contributed by atoms with Crippen molar-refractivity contribution in [3.8, 4) is 5.75 Å². The number of hydrogen-bond donors (Lipinski definition) is 1. The number of nitrogens with zero attached hydrogens (tertiary/aromatic N) is 3. The van der Waals surface area contributed by atoms with E-state index < -0.39 is 6.10 Å². The van der Waals surface area contributed by atoms with Crippen LogP contribution in [-0.2, 0) is 22.7 Å². The standard InChI is InChI=1S/C17H20N4O3/c1-3-21-9-8-12(19-21)11-18-17(22)16-10-14(20-24-16)13-6-4-5-7-15(13)23-2/h4-9,16H,3,10-11H2,1-2H3,(H,18,22). The lowest BCUT2D eigenvalue weighted by molar-refractivity contribution is -0.131. The third-order valence-corrected chi connectivity index (χ3v) is 3.84. The number of benzene rings is 1. The molecule has 1 aliphatic rings. The fourth-order valence-corrected chi connectivity index (χ4v) is 2.53. The monoisotopic (exact) mass is 328 g/mol. The molecule has 2 heterocycles. The third kappa shape index (κ3) is 3.40. The van der Waals surface area contributed by atoms with Crippen molar-refractivity contribution in [1.29, 1.82) is 0 Å². The average Bonchev–Trinajstić information content (AvgIpc) is 3.29. The minimum Gasteiger partial charge on any atom is -0.496 e. The third-order valence-electron chi connectivity index (χ3n) is 3.84. The molecule has 24 heavy (non-hydrogen) atoms. The summed E-state index contributed by atoms with van der Waals surface area (Å²) < 4.78 is 7.14. The second-order valence-electron chi connectivity index (χ2n) is 5.42.